The number of hydrogen-bond donors (Lipinski definition) is 1. The molecule has 0 spiro atoms. The van der Waals surface area contributed by atoms with Crippen molar-refractivity contribution in [3.8, 4) is 6.07 Å². The number of nitrogens with zero attached hydrogens (tertiary/aromatic N) is 2. The van der Waals surface area contributed by atoms with Crippen molar-refractivity contribution in [2.24, 2.45) is 10.9 Å². The number of hydrogen-bond acceptors (Lipinski definition) is 6. The average Bonchev–Trinajstić information content (AvgIpc) is 2.26. The van der Waals surface area contributed by atoms with Gasteiger partial charge in [0.2, 0.25) is 0 Å². The fourth-order valence-electron chi connectivity index (χ4n) is 0.766. The third-order valence-electron chi connectivity index (χ3n) is 1.57. The Morgan fingerprint density at radius 1 is 1.65 bits per heavy atom. The smallest absolute Gasteiger partial charge is 0.327 e. The summed E-state index contributed by atoms with van der Waals surface area (Å²) in [4.78, 5) is 14.6. The van der Waals surface area contributed by atoms with Gasteiger partial charge in [-0.05, 0) is 6.08 Å². The number of aliphatic imine (C=N–C) groups is 1. The molecule has 8 heteroatoms. The third kappa shape index (κ3) is 8.12. The second-order valence-corrected chi connectivity index (χ2v) is 4.43. The molecule has 0 saturated heterocycles. The molecule has 0 rings (SSSR count). The fraction of sp³-hybridized carbons (Fsp3) is 0.444. The first-order valence-electron chi connectivity index (χ1n) is 4.50. The van der Waals surface area contributed by atoms with E-state index in [1.165, 1.54) is 25.5 Å². The maximum absolute atomic E-state index is 10.9. The van der Waals surface area contributed by atoms with Crippen LogP contribution in [0.5, 0.6) is 0 Å². The molecule has 0 aliphatic rings. The second-order valence-electron chi connectivity index (χ2n) is 2.86. The molecule has 0 fully saturated rings. The van der Waals surface area contributed by atoms with Gasteiger partial charge in [-0.2, -0.15) is 13.7 Å². The van der Waals surface area contributed by atoms with Crippen LogP contribution in [-0.4, -0.2) is 44.6 Å². The van der Waals surface area contributed by atoms with E-state index < -0.39 is 27.8 Å². The van der Waals surface area contributed by atoms with E-state index in [0.29, 0.717) is 0 Å². The Hall–Kier alpha value is -1.72. The van der Waals surface area contributed by atoms with E-state index in [-0.39, 0.29) is 6.54 Å². The summed E-state index contributed by atoms with van der Waals surface area (Å²) in [6, 6.07) is 1.71. The van der Waals surface area contributed by atoms with Crippen LogP contribution in [0, 0.1) is 17.2 Å². The molecule has 0 radical (unpaired) electrons. The van der Waals surface area contributed by atoms with Gasteiger partial charge in [-0.25, -0.2) is 0 Å². The lowest BCUT2D eigenvalue weighted by Crippen LogP contribution is -2.11. The van der Waals surface area contributed by atoms with Crippen LogP contribution in [-0.2, 0) is 19.6 Å². The Kier molecular flexibility index (Phi) is 6.77. The summed E-state index contributed by atoms with van der Waals surface area (Å²) < 4.78 is 33.3. The van der Waals surface area contributed by atoms with Gasteiger partial charge in [-0.15, -0.1) is 0 Å². The van der Waals surface area contributed by atoms with Crippen LogP contribution in [0.3, 0.4) is 0 Å². The lowest BCUT2D eigenvalue weighted by atomic mass is 10.1. The zero-order valence-corrected chi connectivity index (χ0v) is 9.92. The summed E-state index contributed by atoms with van der Waals surface area (Å²) >= 11 is 0. The Balaban J connectivity index is 4.14. The van der Waals surface area contributed by atoms with E-state index in [0.717, 1.165) is 0 Å². The Morgan fingerprint density at radius 2 is 2.29 bits per heavy atom. The topological polar surface area (TPSA) is 117 Å². The average molecular weight is 260 g/mol. The quantitative estimate of drug-likeness (QED) is 0.402. The van der Waals surface area contributed by atoms with Crippen LogP contribution in [0.1, 0.15) is 0 Å². The van der Waals surface area contributed by atoms with Crippen molar-refractivity contribution >= 4 is 22.3 Å². The highest BCUT2D eigenvalue weighted by Crippen LogP contribution is 1.98. The molecular weight excluding hydrogens is 248 g/mol. The first kappa shape index (κ1) is 15.3. The van der Waals surface area contributed by atoms with Gasteiger partial charge < -0.3 is 4.74 Å². The molecule has 0 aliphatic carbocycles. The van der Waals surface area contributed by atoms with Crippen molar-refractivity contribution in [3.05, 3.63) is 12.2 Å². The number of carbonyl (C=O) groups excluding carboxylic acids is 1. The van der Waals surface area contributed by atoms with Gasteiger partial charge in [0.15, 0.2) is 5.92 Å². The van der Waals surface area contributed by atoms with Crippen LogP contribution < -0.4 is 0 Å². The number of carbonyl (C=O) groups is 1. The standard InChI is InChI=1S/C9H12N2O5S/c1-16-9(12)8(7-10)3-2-4-11-5-6-17(13,14)15/h2-4,8H,5-6H2,1H3,(H,13,14,15)/b3-2+,11-4?. The molecule has 0 aliphatic heterocycles. The monoisotopic (exact) mass is 260 g/mol. The van der Waals surface area contributed by atoms with Crippen LogP contribution >= 0.6 is 0 Å². The highest BCUT2D eigenvalue weighted by molar-refractivity contribution is 7.85. The summed E-state index contributed by atoms with van der Waals surface area (Å²) in [6.45, 7) is -0.0986. The van der Waals surface area contributed by atoms with Gasteiger partial charge >= 0.3 is 5.97 Å². The van der Waals surface area contributed by atoms with E-state index in [1.807, 2.05) is 0 Å². The normalized spacial score (nSPS) is 13.7. The molecule has 17 heavy (non-hydrogen) atoms. The molecule has 0 aromatic carbocycles. The largest absolute Gasteiger partial charge is 0.468 e. The van der Waals surface area contributed by atoms with Crippen LogP contribution in [0.2, 0.25) is 0 Å². The number of rotatable bonds is 6. The number of esters is 1. The maximum atomic E-state index is 10.9. The second kappa shape index (κ2) is 7.54. The number of methoxy groups -OCH3 is 1. The first-order valence-corrected chi connectivity index (χ1v) is 6.11. The van der Waals surface area contributed by atoms with Gasteiger partial charge in [-0.1, -0.05) is 6.08 Å². The molecule has 7 nitrogen and oxygen atoms in total. The van der Waals surface area contributed by atoms with Gasteiger partial charge in [0.1, 0.15) is 0 Å². The predicted octanol–water partition coefficient (Wildman–Crippen LogP) is -0.186. The lowest BCUT2D eigenvalue weighted by molar-refractivity contribution is -0.142. The molecule has 0 aromatic heterocycles. The van der Waals surface area contributed by atoms with E-state index in [4.69, 9.17) is 9.81 Å². The molecule has 0 saturated carbocycles. The fourth-order valence-corrected chi connectivity index (χ4v) is 1.10. The summed E-state index contributed by atoms with van der Waals surface area (Å²) in [5.41, 5.74) is 0. The first-order chi connectivity index (χ1) is 7.90. The van der Waals surface area contributed by atoms with Crippen molar-refractivity contribution in [2.45, 2.75) is 0 Å². The van der Waals surface area contributed by atoms with Crippen molar-refractivity contribution in [1.29, 1.82) is 5.26 Å². The van der Waals surface area contributed by atoms with Gasteiger partial charge in [0, 0.05) is 6.21 Å². The zero-order chi connectivity index (χ0) is 13.3. The van der Waals surface area contributed by atoms with Crippen molar-refractivity contribution in [2.75, 3.05) is 19.4 Å². The highest BCUT2D eigenvalue weighted by Gasteiger charge is 2.13. The van der Waals surface area contributed by atoms with Crippen molar-refractivity contribution in [1.82, 2.24) is 0 Å². The van der Waals surface area contributed by atoms with E-state index in [2.05, 4.69) is 9.73 Å². The molecule has 94 valence electrons. The number of allylic oxidation sites excluding steroid dienone is 1. The van der Waals surface area contributed by atoms with Gasteiger partial charge in [0.05, 0.1) is 25.5 Å². The Bertz CT molecular complexity index is 446. The molecule has 1 atom stereocenters. The van der Waals surface area contributed by atoms with E-state index >= 15 is 0 Å². The minimum atomic E-state index is -4.01. The molecule has 0 amide bonds. The third-order valence-corrected chi connectivity index (χ3v) is 2.27. The molecule has 0 aromatic rings. The molecule has 1 N–H and O–H groups in total. The summed E-state index contributed by atoms with van der Waals surface area (Å²) in [6.07, 6.45) is 3.83. The lowest BCUT2D eigenvalue weighted by Gasteiger charge is -1.98. The van der Waals surface area contributed by atoms with E-state index in [9.17, 15) is 13.2 Å². The zero-order valence-electron chi connectivity index (χ0n) is 9.11. The van der Waals surface area contributed by atoms with Crippen LogP contribution in [0.25, 0.3) is 0 Å². The number of ether oxygens (including phenoxy) is 1. The Labute approximate surface area is 99.2 Å². The summed E-state index contributed by atoms with van der Waals surface area (Å²) in [5, 5.41) is 8.58. The van der Waals surface area contributed by atoms with Crippen molar-refractivity contribution < 1.29 is 22.5 Å². The molecular formula is C9H12N2O5S. The Morgan fingerprint density at radius 3 is 2.76 bits per heavy atom. The minimum Gasteiger partial charge on any atom is -0.468 e. The minimum absolute atomic E-state index is 0.0986. The van der Waals surface area contributed by atoms with E-state index in [1.54, 1.807) is 6.07 Å². The van der Waals surface area contributed by atoms with Crippen molar-refractivity contribution in [3.63, 3.8) is 0 Å². The molecule has 0 bridgehead atoms. The SMILES string of the molecule is COC(=O)C(C#N)/C=C/C=NCCS(=O)(=O)O. The number of nitriles is 1. The van der Waals surface area contributed by atoms with Crippen LogP contribution in [0.4, 0.5) is 0 Å². The molecule has 0 heterocycles. The molecule has 1 unspecified atom stereocenters. The predicted molar refractivity (Wildman–Crippen MR) is 60.0 cm³/mol. The maximum Gasteiger partial charge on any atom is 0.327 e. The van der Waals surface area contributed by atoms with Crippen LogP contribution in [0.15, 0.2) is 17.1 Å². The van der Waals surface area contributed by atoms with Gasteiger partial charge in [-0.3, -0.25) is 14.3 Å². The highest BCUT2D eigenvalue weighted by atomic mass is 32.2. The van der Waals surface area contributed by atoms with Gasteiger partial charge in [0.25, 0.3) is 10.1 Å². The summed E-state index contributed by atoms with van der Waals surface area (Å²) in [5.74, 6) is -2.18. The summed E-state index contributed by atoms with van der Waals surface area (Å²) in [7, 11) is -2.85.